The van der Waals surface area contributed by atoms with Crippen molar-refractivity contribution in [3.05, 3.63) is 23.8 Å². The number of hydrogen-bond donors (Lipinski definition) is 1. The molecular formula is C19H34O2. The SMILES string of the molecule is CCCCCCC(=CC=CCCC(=O)O)CCCCCC. The first-order valence-corrected chi connectivity index (χ1v) is 8.77. The van der Waals surface area contributed by atoms with Crippen molar-refractivity contribution in [2.75, 3.05) is 0 Å². The summed E-state index contributed by atoms with van der Waals surface area (Å²) in [4.78, 5) is 10.5. The van der Waals surface area contributed by atoms with Gasteiger partial charge in [0.15, 0.2) is 0 Å². The van der Waals surface area contributed by atoms with Gasteiger partial charge in [0.25, 0.3) is 0 Å². The van der Waals surface area contributed by atoms with Crippen molar-refractivity contribution in [2.45, 2.75) is 90.9 Å². The molecule has 0 aliphatic rings. The van der Waals surface area contributed by atoms with Crippen molar-refractivity contribution < 1.29 is 9.90 Å². The molecule has 2 heteroatoms. The fourth-order valence-corrected chi connectivity index (χ4v) is 2.36. The van der Waals surface area contributed by atoms with E-state index in [1.165, 1.54) is 69.8 Å². The van der Waals surface area contributed by atoms with E-state index >= 15 is 0 Å². The zero-order valence-electron chi connectivity index (χ0n) is 14.1. The van der Waals surface area contributed by atoms with Crippen LogP contribution in [-0.2, 0) is 4.79 Å². The summed E-state index contributed by atoms with van der Waals surface area (Å²) in [6, 6.07) is 0. The predicted octanol–water partition coefficient (Wildman–Crippen LogP) is 6.27. The molecule has 0 aliphatic heterocycles. The maximum absolute atomic E-state index is 10.5. The smallest absolute Gasteiger partial charge is 0.303 e. The lowest BCUT2D eigenvalue weighted by molar-refractivity contribution is -0.136. The van der Waals surface area contributed by atoms with E-state index in [0.29, 0.717) is 6.42 Å². The Bertz CT molecular complexity index is 289. The lowest BCUT2D eigenvalue weighted by atomic mass is 10.00. The van der Waals surface area contributed by atoms with Crippen LogP contribution in [0.25, 0.3) is 0 Å². The van der Waals surface area contributed by atoms with E-state index in [4.69, 9.17) is 5.11 Å². The van der Waals surface area contributed by atoms with Gasteiger partial charge in [-0.25, -0.2) is 0 Å². The van der Waals surface area contributed by atoms with E-state index in [1.54, 1.807) is 0 Å². The Kier molecular flexibility index (Phi) is 14.6. The van der Waals surface area contributed by atoms with Crippen molar-refractivity contribution in [3.8, 4) is 0 Å². The fourth-order valence-electron chi connectivity index (χ4n) is 2.36. The Morgan fingerprint density at radius 1 is 0.857 bits per heavy atom. The highest BCUT2D eigenvalue weighted by atomic mass is 16.4. The molecule has 0 aromatic heterocycles. The third-order valence-electron chi connectivity index (χ3n) is 3.70. The first-order chi connectivity index (χ1) is 10.2. The molecule has 0 amide bonds. The molecule has 1 N–H and O–H groups in total. The van der Waals surface area contributed by atoms with Crippen LogP contribution in [0.4, 0.5) is 0 Å². The minimum atomic E-state index is -0.719. The summed E-state index contributed by atoms with van der Waals surface area (Å²) in [6.07, 6.45) is 20.0. The van der Waals surface area contributed by atoms with Gasteiger partial charge in [0.2, 0.25) is 0 Å². The maximum Gasteiger partial charge on any atom is 0.303 e. The van der Waals surface area contributed by atoms with Gasteiger partial charge in [-0.2, -0.15) is 0 Å². The number of rotatable bonds is 14. The largest absolute Gasteiger partial charge is 0.481 e. The summed E-state index contributed by atoms with van der Waals surface area (Å²) in [7, 11) is 0. The third kappa shape index (κ3) is 15.2. The van der Waals surface area contributed by atoms with E-state index in [2.05, 4.69) is 26.0 Å². The van der Waals surface area contributed by atoms with Gasteiger partial charge in [0.05, 0.1) is 0 Å². The van der Waals surface area contributed by atoms with Crippen LogP contribution in [0.2, 0.25) is 0 Å². The monoisotopic (exact) mass is 294 g/mol. The van der Waals surface area contributed by atoms with Crippen LogP contribution in [0.5, 0.6) is 0 Å². The second-order valence-corrected chi connectivity index (χ2v) is 5.81. The summed E-state index contributed by atoms with van der Waals surface area (Å²) in [5, 5.41) is 8.61. The molecule has 0 bridgehead atoms. The summed E-state index contributed by atoms with van der Waals surface area (Å²) in [6.45, 7) is 4.49. The lowest BCUT2D eigenvalue weighted by Crippen LogP contribution is -1.91. The van der Waals surface area contributed by atoms with Crippen molar-refractivity contribution in [1.82, 2.24) is 0 Å². The summed E-state index contributed by atoms with van der Waals surface area (Å²) in [5.41, 5.74) is 1.54. The van der Waals surface area contributed by atoms with Crippen molar-refractivity contribution in [3.63, 3.8) is 0 Å². The molecule has 0 aliphatic carbocycles. The predicted molar refractivity (Wildman–Crippen MR) is 91.6 cm³/mol. The molecule has 122 valence electrons. The molecule has 0 aromatic carbocycles. The standard InChI is InChI=1S/C19H34O2/c1-3-5-7-10-14-18(15-11-8-6-4-2)16-12-9-13-17-19(20)21/h9,12,16H,3-8,10-11,13-15,17H2,1-2H3,(H,20,21). The van der Waals surface area contributed by atoms with Crippen LogP contribution in [0.1, 0.15) is 90.9 Å². The van der Waals surface area contributed by atoms with E-state index in [-0.39, 0.29) is 6.42 Å². The van der Waals surface area contributed by atoms with Crippen molar-refractivity contribution in [2.24, 2.45) is 0 Å². The number of carbonyl (C=O) groups is 1. The normalized spacial score (nSPS) is 11.0. The molecule has 0 aromatic rings. The van der Waals surface area contributed by atoms with Gasteiger partial charge < -0.3 is 5.11 Å². The van der Waals surface area contributed by atoms with Crippen LogP contribution in [-0.4, -0.2) is 11.1 Å². The van der Waals surface area contributed by atoms with E-state index in [9.17, 15) is 4.79 Å². The molecule has 0 fully saturated rings. The molecule has 0 heterocycles. The van der Waals surface area contributed by atoms with E-state index in [0.717, 1.165) is 0 Å². The average Bonchev–Trinajstić information content (AvgIpc) is 2.46. The number of unbranched alkanes of at least 4 members (excludes halogenated alkanes) is 6. The summed E-state index contributed by atoms with van der Waals surface area (Å²) in [5.74, 6) is -0.719. The van der Waals surface area contributed by atoms with Gasteiger partial charge in [0.1, 0.15) is 0 Å². The third-order valence-corrected chi connectivity index (χ3v) is 3.70. The minimum Gasteiger partial charge on any atom is -0.481 e. The van der Waals surface area contributed by atoms with Gasteiger partial charge in [-0.1, -0.05) is 76.2 Å². The number of carboxylic acid groups (broad SMARTS) is 1. The Morgan fingerprint density at radius 2 is 1.43 bits per heavy atom. The Morgan fingerprint density at radius 3 is 1.90 bits per heavy atom. The highest BCUT2D eigenvalue weighted by molar-refractivity contribution is 5.66. The van der Waals surface area contributed by atoms with Gasteiger partial charge in [-0.3, -0.25) is 4.79 Å². The number of allylic oxidation sites excluding steroid dienone is 4. The molecule has 0 spiro atoms. The Labute approximate surface area is 131 Å². The molecule has 0 saturated heterocycles. The summed E-state index contributed by atoms with van der Waals surface area (Å²) < 4.78 is 0. The molecule has 0 unspecified atom stereocenters. The Hall–Kier alpha value is -1.05. The van der Waals surface area contributed by atoms with Gasteiger partial charge in [-0.15, -0.1) is 0 Å². The van der Waals surface area contributed by atoms with Gasteiger partial charge in [-0.05, 0) is 32.1 Å². The van der Waals surface area contributed by atoms with Crippen LogP contribution >= 0.6 is 0 Å². The van der Waals surface area contributed by atoms with E-state index < -0.39 is 5.97 Å². The highest BCUT2D eigenvalue weighted by Crippen LogP contribution is 2.17. The molecule has 0 rings (SSSR count). The number of carboxylic acids is 1. The lowest BCUT2D eigenvalue weighted by Gasteiger charge is -2.07. The number of hydrogen-bond acceptors (Lipinski definition) is 1. The van der Waals surface area contributed by atoms with E-state index in [1.807, 2.05) is 6.08 Å². The zero-order chi connectivity index (χ0) is 15.8. The van der Waals surface area contributed by atoms with Crippen molar-refractivity contribution >= 4 is 5.97 Å². The topological polar surface area (TPSA) is 37.3 Å². The van der Waals surface area contributed by atoms with Crippen LogP contribution in [0, 0.1) is 0 Å². The molecule has 21 heavy (non-hydrogen) atoms. The second-order valence-electron chi connectivity index (χ2n) is 5.81. The minimum absolute atomic E-state index is 0.229. The zero-order valence-corrected chi connectivity index (χ0v) is 14.1. The first-order valence-electron chi connectivity index (χ1n) is 8.77. The molecule has 0 radical (unpaired) electrons. The number of aliphatic carboxylic acids is 1. The molecule has 0 saturated carbocycles. The maximum atomic E-state index is 10.5. The first kappa shape index (κ1) is 19.9. The second kappa shape index (κ2) is 15.3. The molecule has 0 atom stereocenters. The quantitative estimate of drug-likeness (QED) is 0.302. The van der Waals surface area contributed by atoms with Crippen LogP contribution in [0.3, 0.4) is 0 Å². The Balaban J connectivity index is 4.10. The highest BCUT2D eigenvalue weighted by Gasteiger charge is 1.98. The van der Waals surface area contributed by atoms with Gasteiger partial charge in [0, 0.05) is 6.42 Å². The average molecular weight is 294 g/mol. The van der Waals surface area contributed by atoms with Crippen molar-refractivity contribution in [1.29, 1.82) is 0 Å². The van der Waals surface area contributed by atoms with Crippen LogP contribution < -0.4 is 0 Å². The fraction of sp³-hybridized carbons (Fsp3) is 0.737. The van der Waals surface area contributed by atoms with Crippen LogP contribution in [0.15, 0.2) is 23.8 Å². The summed E-state index contributed by atoms with van der Waals surface area (Å²) >= 11 is 0. The van der Waals surface area contributed by atoms with Gasteiger partial charge >= 0.3 is 5.97 Å². The molecular weight excluding hydrogens is 260 g/mol. The molecule has 2 nitrogen and oxygen atoms in total.